The molecule has 0 fully saturated rings. The molecule has 0 radical (unpaired) electrons. The van der Waals surface area contributed by atoms with E-state index in [0.717, 1.165) is 0 Å². The molecule has 0 aliphatic carbocycles. The number of ether oxygens (including phenoxy) is 4. The minimum atomic E-state index is -5.26. The molecule has 0 saturated carbocycles. The summed E-state index contributed by atoms with van der Waals surface area (Å²) in [5, 5.41) is -1.52. The Hall–Kier alpha value is -2.89. The average molecular weight is 452 g/mol. The van der Waals surface area contributed by atoms with Crippen molar-refractivity contribution in [1.29, 1.82) is 0 Å². The molecular weight excluding hydrogens is 441 g/mol. The van der Waals surface area contributed by atoms with Crippen molar-refractivity contribution in [3.63, 3.8) is 0 Å². The number of benzene rings is 2. The summed E-state index contributed by atoms with van der Waals surface area (Å²) in [5.41, 5.74) is -1.07. The van der Waals surface area contributed by atoms with Gasteiger partial charge in [-0.3, -0.25) is 4.79 Å². The van der Waals surface area contributed by atoms with Crippen molar-refractivity contribution in [2.45, 2.75) is 12.7 Å². The van der Waals surface area contributed by atoms with Crippen LogP contribution in [0.25, 0.3) is 0 Å². The summed E-state index contributed by atoms with van der Waals surface area (Å²) in [7, 11) is -3.23. The van der Waals surface area contributed by atoms with Gasteiger partial charge in [0.15, 0.2) is 11.5 Å². The van der Waals surface area contributed by atoms with Crippen molar-refractivity contribution >= 4 is 16.8 Å². The third kappa shape index (κ3) is 6.31. The first kappa shape index (κ1) is 18.2. The Morgan fingerprint density at radius 3 is 2.07 bits per heavy atom. The van der Waals surface area contributed by atoms with Gasteiger partial charge in [0.05, 0.1) is 11.2 Å². The Labute approximate surface area is 166 Å². The number of carbonyl (C=O) groups excluding carboxylic acids is 1. The zero-order valence-corrected chi connectivity index (χ0v) is 14.2. The molecule has 2 aromatic carbocycles. The SMILES string of the molecule is [2H]C([2H])([2H])Oc1cc(OC(F)(F)F)ccc1Oc1cc(OC(F)(F)F)cc(F)c1C(=O)Cl. The fourth-order valence-corrected chi connectivity index (χ4v) is 2.17. The van der Waals surface area contributed by atoms with Crippen molar-refractivity contribution in [2.75, 3.05) is 7.04 Å². The first-order valence-electron chi connectivity index (χ1n) is 8.49. The molecule has 5 nitrogen and oxygen atoms in total. The second-order valence-corrected chi connectivity index (χ2v) is 5.30. The van der Waals surface area contributed by atoms with Crippen molar-refractivity contribution in [2.24, 2.45) is 0 Å². The molecular formula is C16H8ClF7O5. The zero-order chi connectivity index (χ0) is 24.5. The predicted octanol–water partition coefficient (Wildman–Crippen LogP) is 5.80. The second-order valence-electron chi connectivity index (χ2n) is 4.96. The number of halogens is 8. The lowest BCUT2D eigenvalue weighted by Crippen LogP contribution is -2.17. The molecule has 0 aromatic heterocycles. The number of hydrogen-bond acceptors (Lipinski definition) is 5. The smallest absolute Gasteiger partial charge is 0.493 e. The van der Waals surface area contributed by atoms with Crippen molar-refractivity contribution < 1.29 is 58.6 Å². The number of rotatable bonds is 6. The number of carbonyl (C=O) groups is 1. The van der Waals surface area contributed by atoms with Crippen LogP contribution in [0.5, 0.6) is 28.7 Å². The summed E-state index contributed by atoms with van der Waals surface area (Å²) < 4.78 is 127. The summed E-state index contributed by atoms with van der Waals surface area (Å²) in [6.07, 6.45) is -10.4. The molecule has 0 unspecified atom stereocenters. The molecule has 0 amide bonds. The second kappa shape index (κ2) is 8.23. The molecule has 158 valence electrons. The maximum Gasteiger partial charge on any atom is 0.573 e. The van der Waals surface area contributed by atoms with Gasteiger partial charge in [0, 0.05) is 18.2 Å². The van der Waals surface area contributed by atoms with E-state index < -0.39 is 65.1 Å². The van der Waals surface area contributed by atoms with Crippen molar-refractivity contribution in [1.82, 2.24) is 0 Å². The molecule has 2 rings (SSSR count). The van der Waals surface area contributed by atoms with E-state index in [0.29, 0.717) is 24.3 Å². The van der Waals surface area contributed by atoms with Gasteiger partial charge in [0.2, 0.25) is 0 Å². The average Bonchev–Trinajstić information content (AvgIpc) is 2.51. The third-order valence-corrected chi connectivity index (χ3v) is 3.13. The molecule has 0 atom stereocenters. The Morgan fingerprint density at radius 2 is 1.52 bits per heavy atom. The molecule has 2 aromatic rings. The number of alkyl halides is 6. The van der Waals surface area contributed by atoms with Crippen LogP contribution in [-0.2, 0) is 0 Å². The van der Waals surface area contributed by atoms with E-state index >= 15 is 0 Å². The van der Waals surface area contributed by atoms with E-state index in [1.807, 2.05) is 0 Å². The standard InChI is InChI=1S/C16H8ClF7O5/c1-26-11-5-7(28-15(19,20)21)2-3-10(11)27-12-6-8(29-16(22,23)24)4-9(18)13(12)14(17)25/h2-6H,1H3/i1D3. The van der Waals surface area contributed by atoms with Gasteiger partial charge in [-0.15, -0.1) is 26.3 Å². The van der Waals surface area contributed by atoms with E-state index in [1.54, 1.807) is 0 Å². The number of hydrogen-bond donors (Lipinski definition) is 0. The van der Waals surface area contributed by atoms with Crippen LogP contribution in [0.2, 0.25) is 0 Å². The Kier molecular flexibility index (Phi) is 5.15. The highest BCUT2D eigenvalue weighted by Crippen LogP contribution is 2.40. The summed E-state index contributed by atoms with van der Waals surface area (Å²) in [5.74, 6) is -6.36. The fourth-order valence-electron chi connectivity index (χ4n) is 1.99. The van der Waals surface area contributed by atoms with Gasteiger partial charge in [0.1, 0.15) is 28.6 Å². The molecule has 13 heteroatoms. The van der Waals surface area contributed by atoms with E-state index in [9.17, 15) is 35.5 Å². The molecule has 0 aliphatic heterocycles. The molecule has 0 heterocycles. The van der Waals surface area contributed by atoms with E-state index in [-0.39, 0.29) is 6.07 Å². The molecule has 0 saturated heterocycles. The topological polar surface area (TPSA) is 54.0 Å². The van der Waals surface area contributed by atoms with Crippen LogP contribution in [0.15, 0.2) is 30.3 Å². The lowest BCUT2D eigenvalue weighted by atomic mass is 10.2. The van der Waals surface area contributed by atoms with Gasteiger partial charge in [-0.2, -0.15) is 0 Å². The molecule has 0 spiro atoms. The summed E-state index contributed by atoms with van der Waals surface area (Å²) in [6.45, 7) is 0. The maximum atomic E-state index is 14.2. The number of methoxy groups -OCH3 is 1. The molecule has 0 N–H and O–H groups in total. The van der Waals surface area contributed by atoms with Crippen LogP contribution in [0.4, 0.5) is 30.7 Å². The minimum Gasteiger partial charge on any atom is -0.493 e. The molecule has 29 heavy (non-hydrogen) atoms. The van der Waals surface area contributed by atoms with Gasteiger partial charge < -0.3 is 18.9 Å². The third-order valence-electron chi connectivity index (χ3n) is 2.94. The zero-order valence-electron chi connectivity index (χ0n) is 16.5. The highest BCUT2D eigenvalue weighted by Gasteiger charge is 2.33. The van der Waals surface area contributed by atoms with Crippen LogP contribution in [0, 0.1) is 5.82 Å². The van der Waals surface area contributed by atoms with Gasteiger partial charge in [-0.1, -0.05) is 0 Å². The van der Waals surface area contributed by atoms with E-state index in [2.05, 4.69) is 14.2 Å². The lowest BCUT2D eigenvalue weighted by Gasteiger charge is -2.16. The first-order chi connectivity index (χ1) is 14.4. The van der Waals surface area contributed by atoms with Crippen LogP contribution < -0.4 is 18.9 Å². The van der Waals surface area contributed by atoms with E-state index in [4.69, 9.17) is 20.5 Å². The quantitative estimate of drug-likeness (QED) is 0.410. The first-order valence-corrected chi connectivity index (χ1v) is 7.37. The molecule has 0 bridgehead atoms. The normalized spacial score (nSPS) is 13.7. The Morgan fingerprint density at radius 1 is 0.931 bits per heavy atom. The van der Waals surface area contributed by atoms with E-state index in [1.165, 1.54) is 0 Å². The Bertz CT molecular complexity index is 1010. The van der Waals surface area contributed by atoms with Crippen LogP contribution >= 0.6 is 11.6 Å². The van der Waals surface area contributed by atoms with Crippen molar-refractivity contribution in [3.05, 3.63) is 41.7 Å². The van der Waals surface area contributed by atoms with Crippen LogP contribution in [-0.4, -0.2) is 25.0 Å². The van der Waals surface area contributed by atoms with Crippen LogP contribution in [0.1, 0.15) is 14.5 Å². The minimum absolute atomic E-state index is 0.177. The summed E-state index contributed by atoms with van der Waals surface area (Å²) in [4.78, 5) is 11.5. The fraction of sp³-hybridized carbons (Fsp3) is 0.188. The predicted molar refractivity (Wildman–Crippen MR) is 83.0 cm³/mol. The Balaban J connectivity index is 2.57. The maximum absolute atomic E-state index is 14.2. The van der Waals surface area contributed by atoms with Crippen molar-refractivity contribution in [3.8, 4) is 28.7 Å². The van der Waals surface area contributed by atoms with Gasteiger partial charge in [0.25, 0.3) is 5.24 Å². The van der Waals surface area contributed by atoms with Gasteiger partial charge in [-0.25, -0.2) is 4.39 Å². The molecule has 0 aliphatic rings. The summed E-state index contributed by atoms with van der Waals surface area (Å²) >= 11 is 5.22. The van der Waals surface area contributed by atoms with Gasteiger partial charge in [-0.05, 0) is 23.7 Å². The highest BCUT2D eigenvalue weighted by atomic mass is 35.5. The highest BCUT2D eigenvalue weighted by molar-refractivity contribution is 6.68. The monoisotopic (exact) mass is 451 g/mol. The largest absolute Gasteiger partial charge is 0.573 e. The van der Waals surface area contributed by atoms with Crippen LogP contribution in [0.3, 0.4) is 0 Å². The van der Waals surface area contributed by atoms with Gasteiger partial charge >= 0.3 is 12.7 Å². The lowest BCUT2D eigenvalue weighted by molar-refractivity contribution is -0.275. The summed E-state index contributed by atoms with van der Waals surface area (Å²) in [6, 6.07) is 2.30.